The van der Waals surface area contributed by atoms with Crippen LogP contribution in [-0.2, 0) is 0 Å². The molecule has 2 aromatic rings. The lowest BCUT2D eigenvalue weighted by Crippen LogP contribution is -1.99. The van der Waals surface area contributed by atoms with E-state index >= 15 is 0 Å². The Hall–Kier alpha value is -1.93. The maximum absolute atomic E-state index is 13.6. The standard InChI is InChI=1S/C13H7BrFNO4S/c14-7-4-5-8(13(17)18)11(6-7)21-10-3-1-2-9(15)12(10)16(19)20/h1-6H,(H,17,18). The summed E-state index contributed by atoms with van der Waals surface area (Å²) in [5, 5.41) is 20.1. The Morgan fingerprint density at radius 2 is 2.00 bits per heavy atom. The fourth-order valence-electron chi connectivity index (χ4n) is 1.63. The summed E-state index contributed by atoms with van der Waals surface area (Å²) >= 11 is 4.04. The van der Waals surface area contributed by atoms with Gasteiger partial charge in [0.05, 0.1) is 15.4 Å². The Balaban J connectivity index is 2.53. The van der Waals surface area contributed by atoms with Crippen LogP contribution in [0.1, 0.15) is 10.4 Å². The van der Waals surface area contributed by atoms with Crippen LogP contribution < -0.4 is 0 Å². The molecule has 0 bridgehead atoms. The summed E-state index contributed by atoms with van der Waals surface area (Å²) in [4.78, 5) is 21.6. The molecular formula is C13H7BrFNO4S. The molecule has 0 unspecified atom stereocenters. The van der Waals surface area contributed by atoms with Crippen molar-refractivity contribution in [2.75, 3.05) is 0 Å². The van der Waals surface area contributed by atoms with Crippen LogP contribution in [0.4, 0.5) is 10.1 Å². The van der Waals surface area contributed by atoms with Gasteiger partial charge in [-0.2, -0.15) is 4.39 Å². The Morgan fingerprint density at radius 1 is 1.29 bits per heavy atom. The fourth-order valence-corrected chi connectivity index (χ4v) is 3.25. The topological polar surface area (TPSA) is 80.4 Å². The second-order valence-electron chi connectivity index (χ2n) is 3.89. The van der Waals surface area contributed by atoms with Crippen LogP contribution in [-0.4, -0.2) is 16.0 Å². The number of hydrogen-bond donors (Lipinski definition) is 1. The molecular weight excluding hydrogens is 365 g/mol. The lowest BCUT2D eigenvalue weighted by molar-refractivity contribution is -0.390. The fraction of sp³-hybridized carbons (Fsp3) is 0. The van der Waals surface area contributed by atoms with E-state index in [0.29, 0.717) is 4.47 Å². The molecule has 0 saturated carbocycles. The number of rotatable bonds is 4. The molecule has 5 nitrogen and oxygen atoms in total. The number of carboxylic acid groups (broad SMARTS) is 1. The van der Waals surface area contributed by atoms with Crippen LogP contribution in [0.15, 0.2) is 50.7 Å². The Morgan fingerprint density at radius 3 is 2.62 bits per heavy atom. The predicted molar refractivity (Wildman–Crippen MR) is 78.3 cm³/mol. The van der Waals surface area contributed by atoms with Crippen LogP contribution in [0.5, 0.6) is 0 Å². The summed E-state index contributed by atoms with van der Waals surface area (Å²) in [6.45, 7) is 0. The minimum atomic E-state index is -1.16. The zero-order valence-corrected chi connectivity index (χ0v) is 12.6. The molecule has 0 heterocycles. The lowest BCUT2D eigenvalue weighted by Gasteiger charge is -2.07. The Labute approximate surface area is 131 Å². The molecule has 2 aromatic carbocycles. The van der Waals surface area contributed by atoms with Crippen molar-refractivity contribution in [1.29, 1.82) is 0 Å². The second-order valence-corrected chi connectivity index (χ2v) is 5.89. The normalized spacial score (nSPS) is 10.4. The maximum Gasteiger partial charge on any atom is 0.336 e. The van der Waals surface area contributed by atoms with Crippen molar-refractivity contribution in [3.05, 3.63) is 62.4 Å². The van der Waals surface area contributed by atoms with Gasteiger partial charge in [0.2, 0.25) is 5.82 Å². The minimum Gasteiger partial charge on any atom is -0.478 e. The van der Waals surface area contributed by atoms with Gasteiger partial charge in [0.15, 0.2) is 0 Å². The smallest absolute Gasteiger partial charge is 0.336 e. The summed E-state index contributed by atoms with van der Waals surface area (Å²) in [6, 6.07) is 8.14. The average Bonchev–Trinajstić information content (AvgIpc) is 2.37. The van der Waals surface area contributed by atoms with E-state index in [9.17, 15) is 19.3 Å². The number of aromatic carboxylic acids is 1. The van der Waals surface area contributed by atoms with Crippen LogP contribution >= 0.6 is 27.7 Å². The highest BCUT2D eigenvalue weighted by molar-refractivity contribution is 9.10. The number of nitro benzene ring substituents is 1. The first kappa shape index (κ1) is 15.5. The van der Waals surface area contributed by atoms with Crippen molar-refractivity contribution in [2.45, 2.75) is 9.79 Å². The Kier molecular flexibility index (Phi) is 4.59. The van der Waals surface area contributed by atoms with Crippen molar-refractivity contribution in [3.63, 3.8) is 0 Å². The van der Waals surface area contributed by atoms with Crippen molar-refractivity contribution in [1.82, 2.24) is 0 Å². The van der Waals surface area contributed by atoms with E-state index in [1.165, 1.54) is 24.3 Å². The van der Waals surface area contributed by atoms with Gasteiger partial charge in [-0.15, -0.1) is 0 Å². The Bertz CT molecular complexity index is 738. The maximum atomic E-state index is 13.6. The molecule has 108 valence electrons. The number of nitrogens with zero attached hydrogens (tertiary/aromatic N) is 1. The van der Waals surface area contributed by atoms with Crippen molar-refractivity contribution < 1.29 is 19.2 Å². The van der Waals surface area contributed by atoms with Crippen molar-refractivity contribution in [2.24, 2.45) is 0 Å². The van der Waals surface area contributed by atoms with E-state index in [2.05, 4.69) is 15.9 Å². The molecule has 0 amide bonds. The van der Waals surface area contributed by atoms with Gasteiger partial charge in [-0.3, -0.25) is 10.1 Å². The van der Waals surface area contributed by atoms with E-state index in [0.717, 1.165) is 17.8 Å². The lowest BCUT2D eigenvalue weighted by atomic mass is 10.2. The highest BCUT2D eigenvalue weighted by Crippen LogP contribution is 2.38. The summed E-state index contributed by atoms with van der Waals surface area (Å²) in [6.07, 6.45) is 0. The van der Waals surface area contributed by atoms with Gasteiger partial charge >= 0.3 is 11.7 Å². The van der Waals surface area contributed by atoms with Gasteiger partial charge in [0, 0.05) is 9.37 Å². The number of benzene rings is 2. The van der Waals surface area contributed by atoms with Crippen molar-refractivity contribution in [3.8, 4) is 0 Å². The van der Waals surface area contributed by atoms with Crippen LogP contribution in [0.3, 0.4) is 0 Å². The molecule has 2 rings (SSSR count). The molecule has 0 radical (unpaired) electrons. The van der Waals surface area contributed by atoms with E-state index in [-0.39, 0.29) is 15.4 Å². The summed E-state index contributed by atoms with van der Waals surface area (Å²) in [5.41, 5.74) is -0.680. The third-order valence-electron chi connectivity index (χ3n) is 2.53. The molecule has 0 aromatic heterocycles. The quantitative estimate of drug-likeness (QED) is 0.638. The monoisotopic (exact) mass is 371 g/mol. The van der Waals surface area contributed by atoms with E-state index in [1.54, 1.807) is 6.07 Å². The van der Waals surface area contributed by atoms with Gasteiger partial charge in [0.1, 0.15) is 0 Å². The average molecular weight is 372 g/mol. The minimum absolute atomic E-state index is 0.0123. The predicted octanol–water partition coefficient (Wildman–Crippen LogP) is 4.35. The first-order valence-corrected chi connectivity index (χ1v) is 7.14. The number of para-hydroxylation sites is 1. The van der Waals surface area contributed by atoms with Crippen LogP contribution in [0.25, 0.3) is 0 Å². The molecule has 0 spiro atoms. The van der Waals surface area contributed by atoms with Gasteiger partial charge < -0.3 is 5.11 Å². The van der Waals surface area contributed by atoms with Crippen LogP contribution in [0.2, 0.25) is 0 Å². The van der Waals surface area contributed by atoms with E-state index < -0.39 is 22.4 Å². The first-order valence-electron chi connectivity index (χ1n) is 5.53. The van der Waals surface area contributed by atoms with Crippen LogP contribution in [0, 0.1) is 15.9 Å². The van der Waals surface area contributed by atoms with E-state index in [4.69, 9.17) is 5.11 Å². The molecule has 0 aliphatic rings. The molecule has 0 aliphatic carbocycles. The second kappa shape index (κ2) is 6.23. The first-order chi connectivity index (χ1) is 9.90. The number of halogens is 2. The number of nitro groups is 1. The summed E-state index contributed by atoms with van der Waals surface area (Å²) < 4.78 is 14.2. The molecule has 0 fully saturated rings. The highest BCUT2D eigenvalue weighted by atomic mass is 79.9. The van der Waals surface area contributed by atoms with E-state index in [1.807, 2.05) is 0 Å². The third kappa shape index (κ3) is 3.40. The molecule has 0 saturated heterocycles. The summed E-state index contributed by atoms with van der Waals surface area (Å²) in [7, 11) is 0. The largest absolute Gasteiger partial charge is 0.478 e. The number of carboxylic acids is 1. The SMILES string of the molecule is O=C(O)c1ccc(Br)cc1Sc1cccc(F)c1[N+](=O)[O-]. The molecule has 8 heteroatoms. The van der Waals surface area contributed by atoms with Crippen molar-refractivity contribution >= 4 is 39.3 Å². The molecule has 21 heavy (non-hydrogen) atoms. The third-order valence-corrected chi connectivity index (χ3v) is 4.13. The molecule has 0 aliphatic heterocycles. The zero-order valence-electron chi connectivity index (χ0n) is 10.2. The highest BCUT2D eigenvalue weighted by Gasteiger charge is 2.22. The number of hydrogen-bond acceptors (Lipinski definition) is 4. The summed E-state index contributed by atoms with van der Waals surface area (Å²) in [5.74, 6) is -2.12. The zero-order chi connectivity index (χ0) is 15.6. The van der Waals surface area contributed by atoms with Gasteiger partial charge in [-0.1, -0.05) is 33.8 Å². The van der Waals surface area contributed by atoms with Gasteiger partial charge in [-0.25, -0.2) is 4.79 Å². The van der Waals surface area contributed by atoms with Gasteiger partial charge in [0.25, 0.3) is 0 Å². The number of carbonyl (C=O) groups is 1. The molecule has 1 N–H and O–H groups in total. The molecule has 0 atom stereocenters. The van der Waals surface area contributed by atoms with Gasteiger partial charge in [-0.05, 0) is 30.3 Å².